The highest BCUT2D eigenvalue weighted by atomic mass is 32.1. The zero-order valence-electron chi connectivity index (χ0n) is 8.65. The molecule has 1 unspecified atom stereocenters. The number of pyridine rings is 1. The van der Waals surface area contributed by atoms with Gasteiger partial charge in [0.1, 0.15) is 0 Å². The molecule has 2 nitrogen and oxygen atoms in total. The molecule has 2 rings (SSSR count). The molecule has 0 bridgehead atoms. The highest BCUT2D eigenvalue weighted by molar-refractivity contribution is 7.80. The molecule has 2 aromatic heterocycles. The third-order valence-electron chi connectivity index (χ3n) is 1.84. The highest BCUT2D eigenvalue weighted by Gasteiger charge is 2.02. The van der Waals surface area contributed by atoms with E-state index >= 15 is 0 Å². The minimum absolute atomic E-state index is 0.933. The van der Waals surface area contributed by atoms with Crippen LogP contribution in [0, 0.1) is 6.92 Å². The normalized spacial score (nSPS) is 9.79. The summed E-state index contributed by atoms with van der Waals surface area (Å²) in [4.78, 5) is 4.21. The molecule has 0 aliphatic rings. The van der Waals surface area contributed by atoms with Crippen LogP contribution in [-0.4, -0.2) is 9.32 Å². The Balaban J connectivity index is 0.000000461. The Hall–Kier alpha value is -0.530. The molecule has 14 heavy (non-hydrogen) atoms. The summed E-state index contributed by atoms with van der Waals surface area (Å²) in [6.45, 7) is 5.98. The molecule has 0 amide bonds. The van der Waals surface area contributed by atoms with Gasteiger partial charge in [-0.15, -0.1) is 12.6 Å². The van der Waals surface area contributed by atoms with Gasteiger partial charge in [-0.05, 0) is 28.4 Å². The van der Waals surface area contributed by atoms with Gasteiger partial charge in [-0.2, -0.15) is 0 Å². The molecule has 0 fully saturated rings. The van der Waals surface area contributed by atoms with Gasteiger partial charge in [-0.25, -0.2) is 0 Å². The van der Waals surface area contributed by atoms with E-state index in [1.807, 2.05) is 43.4 Å². The van der Waals surface area contributed by atoms with Gasteiger partial charge in [-0.1, -0.05) is 13.8 Å². The lowest BCUT2D eigenvalue weighted by Crippen LogP contribution is -1.82. The fourth-order valence-corrected chi connectivity index (χ4v) is 1.75. The second-order valence-electron chi connectivity index (χ2n) is 2.76. The maximum absolute atomic E-state index is 4.30. The maximum atomic E-state index is 4.30. The molecule has 4 heteroatoms. The number of hydrogen-bond acceptors (Lipinski definition) is 2. The SMILES string of the molecule is CC.Cc1cc2c(cn1)cc(S)n2P. The van der Waals surface area contributed by atoms with Crippen molar-refractivity contribution < 1.29 is 0 Å². The van der Waals surface area contributed by atoms with Crippen LogP contribution < -0.4 is 0 Å². The molecule has 0 saturated carbocycles. The first kappa shape index (κ1) is 11.5. The van der Waals surface area contributed by atoms with E-state index in [0.717, 1.165) is 21.6 Å². The van der Waals surface area contributed by atoms with Crippen molar-refractivity contribution >= 4 is 32.9 Å². The number of rotatable bonds is 0. The first-order valence-electron chi connectivity index (χ1n) is 4.60. The average Bonchev–Trinajstić information content (AvgIpc) is 2.48. The predicted octanol–water partition coefficient (Wildman–Crippen LogP) is 3.30. The van der Waals surface area contributed by atoms with Crippen LogP contribution in [0.5, 0.6) is 0 Å². The van der Waals surface area contributed by atoms with Crippen LogP contribution in [0.15, 0.2) is 23.4 Å². The summed E-state index contributed by atoms with van der Waals surface area (Å²) in [5, 5.41) is 2.06. The van der Waals surface area contributed by atoms with Gasteiger partial charge in [0, 0.05) is 17.3 Å². The molecular weight excluding hydrogens is 211 g/mol. The molecule has 0 aliphatic heterocycles. The summed E-state index contributed by atoms with van der Waals surface area (Å²) in [5.74, 6) is 0. The molecular formula is C10H15N2PS. The van der Waals surface area contributed by atoms with Crippen molar-refractivity contribution in [2.45, 2.75) is 25.8 Å². The van der Waals surface area contributed by atoms with E-state index in [2.05, 4.69) is 27.0 Å². The first-order chi connectivity index (χ1) is 6.68. The Bertz CT molecular complexity index is 437. The lowest BCUT2D eigenvalue weighted by atomic mass is 10.3. The van der Waals surface area contributed by atoms with Crippen molar-refractivity contribution in [2.75, 3.05) is 0 Å². The molecule has 0 N–H and O–H groups in total. The predicted molar refractivity (Wildman–Crippen MR) is 68.2 cm³/mol. The second kappa shape index (κ2) is 4.81. The Morgan fingerprint density at radius 2 is 2.00 bits per heavy atom. The Morgan fingerprint density at radius 1 is 1.36 bits per heavy atom. The molecule has 1 atom stereocenters. The molecule has 2 heterocycles. The van der Waals surface area contributed by atoms with Gasteiger partial charge >= 0.3 is 0 Å². The number of nitrogens with zero attached hydrogens (tertiary/aromatic N) is 2. The van der Waals surface area contributed by atoms with Gasteiger partial charge in [0.15, 0.2) is 0 Å². The Kier molecular flexibility index (Phi) is 3.97. The number of fused-ring (bicyclic) bond motifs is 1. The van der Waals surface area contributed by atoms with E-state index in [0.29, 0.717) is 0 Å². The summed E-state index contributed by atoms with van der Waals surface area (Å²) in [5.41, 5.74) is 2.18. The van der Waals surface area contributed by atoms with E-state index in [-0.39, 0.29) is 0 Å². The van der Waals surface area contributed by atoms with Crippen molar-refractivity contribution in [2.24, 2.45) is 0 Å². The summed E-state index contributed by atoms with van der Waals surface area (Å²) in [6.07, 6.45) is 1.87. The maximum Gasteiger partial charge on any atom is 0.0757 e. The molecule has 0 aromatic carbocycles. The lowest BCUT2D eigenvalue weighted by molar-refractivity contribution is 1.15. The van der Waals surface area contributed by atoms with Crippen LogP contribution >= 0.6 is 22.0 Å². The van der Waals surface area contributed by atoms with Crippen molar-refractivity contribution in [3.63, 3.8) is 0 Å². The smallest absolute Gasteiger partial charge is 0.0757 e. The third-order valence-corrected chi connectivity index (χ3v) is 2.96. The van der Waals surface area contributed by atoms with Crippen LogP contribution in [0.1, 0.15) is 19.5 Å². The summed E-state index contributed by atoms with van der Waals surface area (Å²) >= 11 is 4.30. The van der Waals surface area contributed by atoms with E-state index < -0.39 is 0 Å². The highest BCUT2D eigenvalue weighted by Crippen LogP contribution is 2.24. The first-order valence-corrected chi connectivity index (χ1v) is 5.57. The molecule has 0 saturated heterocycles. The van der Waals surface area contributed by atoms with Crippen LogP contribution in [-0.2, 0) is 0 Å². The molecule has 0 spiro atoms. The monoisotopic (exact) mass is 226 g/mol. The van der Waals surface area contributed by atoms with E-state index in [1.54, 1.807) is 0 Å². The van der Waals surface area contributed by atoms with Crippen LogP contribution in [0.25, 0.3) is 10.9 Å². The van der Waals surface area contributed by atoms with Crippen molar-refractivity contribution in [1.82, 2.24) is 9.32 Å². The van der Waals surface area contributed by atoms with Crippen LogP contribution in [0.4, 0.5) is 0 Å². The fraction of sp³-hybridized carbons (Fsp3) is 0.300. The van der Waals surface area contributed by atoms with Crippen molar-refractivity contribution in [3.8, 4) is 0 Å². The topological polar surface area (TPSA) is 17.8 Å². The van der Waals surface area contributed by atoms with Gasteiger partial charge in [0.2, 0.25) is 0 Å². The Morgan fingerprint density at radius 3 is 2.64 bits per heavy atom. The number of aromatic nitrogens is 2. The van der Waals surface area contributed by atoms with Gasteiger partial charge < -0.3 is 4.34 Å². The standard InChI is InChI=1S/C8H9N2PS.C2H6/c1-5-2-7-6(4-9-5)3-8(12)10(7)11;1-2/h2-4,12H,11H2,1H3;1-2H3. The van der Waals surface area contributed by atoms with Gasteiger partial charge in [0.05, 0.1) is 10.5 Å². The number of thiol groups is 1. The van der Waals surface area contributed by atoms with E-state index in [4.69, 9.17) is 0 Å². The molecule has 0 aliphatic carbocycles. The lowest BCUT2D eigenvalue weighted by Gasteiger charge is -1.97. The Labute approximate surface area is 92.4 Å². The third kappa shape index (κ3) is 2.10. The van der Waals surface area contributed by atoms with Crippen molar-refractivity contribution in [3.05, 3.63) is 24.0 Å². The largest absolute Gasteiger partial charge is 0.320 e. The number of aryl methyl sites for hydroxylation is 1. The molecule has 0 radical (unpaired) electrons. The second-order valence-corrected chi connectivity index (χ2v) is 3.73. The average molecular weight is 226 g/mol. The summed E-state index contributed by atoms with van der Waals surface area (Å²) in [6, 6.07) is 4.04. The van der Waals surface area contributed by atoms with Gasteiger partial charge in [0.25, 0.3) is 0 Å². The van der Waals surface area contributed by atoms with Crippen LogP contribution in [0.2, 0.25) is 0 Å². The zero-order valence-corrected chi connectivity index (χ0v) is 10.7. The quantitative estimate of drug-likeness (QED) is 0.539. The molecule has 76 valence electrons. The minimum Gasteiger partial charge on any atom is -0.320 e. The fourth-order valence-electron chi connectivity index (χ4n) is 1.21. The summed E-state index contributed by atoms with van der Waals surface area (Å²) < 4.78 is 1.97. The van der Waals surface area contributed by atoms with E-state index in [9.17, 15) is 0 Å². The zero-order chi connectivity index (χ0) is 10.7. The summed E-state index contributed by atoms with van der Waals surface area (Å²) in [7, 11) is 2.62. The number of hydrogen-bond donors (Lipinski definition) is 1. The van der Waals surface area contributed by atoms with Crippen LogP contribution in [0.3, 0.4) is 0 Å². The molecule has 2 aromatic rings. The van der Waals surface area contributed by atoms with E-state index in [1.165, 1.54) is 0 Å². The van der Waals surface area contributed by atoms with Gasteiger partial charge in [-0.3, -0.25) is 4.98 Å². The van der Waals surface area contributed by atoms with Crippen molar-refractivity contribution in [1.29, 1.82) is 0 Å². The minimum atomic E-state index is 0.933.